The third kappa shape index (κ3) is 3.30. The van der Waals surface area contributed by atoms with Gasteiger partial charge >= 0.3 is 0 Å². The molecule has 0 aromatic heterocycles. The van der Waals surface area contributed by atoms with E-state index >= 15 is 0 Å². The van der Waals surface area contributed by atoms with Crippen LogP contribution in [0, 0.1) is 5.92 Å². The molecule has 1 saturated heterocycles. The zero-order valence-electron chi connectivity index (χ0n) is 11.9. The van der Waals surface area contributed by atoms with Crippen molar-refractivity contribution >= 4 is 29.3 Å². The van der Waals surface area contributed by atoms with E-state index in [4.69, 9.17) is 17.3 Å². The Labute approximate surface area is 129 Å². The van der Waals surface area contributed by atoms with Gasteiger partial charge in [-0.3, -0.25) is 4.79 Å². The van der Waals surface area contributed by atoms with Gasteiger partial charge < -0.3 is 10.6 Å². The highest BCUT2D eigenvalue weighted by atomic mass is 35.5. The van der Waals surface area contributed by atoms with Gasteiger partial charge in [0.2, 0.25) is 0 Å². The number of likely N-dealkylation sites (tertiary alicyclic amines) is 1. The average molecular weight is 313 g/mol. The largest absolute Gasteiger partial charge is 0.334 e. The first-order valence-electron chi connectivity index (χ1n) is 6.91. The number of halogens is 1. The van der Waals surface area contributed by atoms with Gasteiger partial charge in [0.25, 0.3) is 5.91 Å². The Balaban J connectivity index is 2.26. The highest BCUT2D eigenvalue weighted by Gasteiger charge is 2.30. The van der Waals surface area contributed by atoms with Crippen molar-refractivity contribution < 1.29 is 4.79 Å². The molecule has 2 rings (SSSR count). The highest BCUT2D eigenvalue weighted by Crippen LogP contribution is 2.28. The monoisotopic (exact) mass is 312 g/mol. The predicted molar refractivity (Wildman–Crippen MR) is 85.5 cm³/mol. The maximum atomic E-state index is 12.7. The number of carbonyl (C=O) groups is 1. The van der Waals surface area contributed by atoms with E-state index in [1.54, 1.807) is 17.8 Å². The van der Waals surface area contributed by atoms with Gasteiger partial charge in [-0.05, 0) is 43.2 Å². The molecule has 1 aliphatic heterocycles. The fourth-order valence-corrected chi connectivity index (χ4v) is 3.33. The van der Waals surface area contributed by atoms with Gasteiger partial charge in [-0.2, -0.15) is 0 Å². The van der Waals surface area contributed by atoms with Crippen molar-refractivity contribution in [2.75, 3.05) is 19.3 Å². The topological polar surface area (TPSA) is 46.3 Å². The molecular formula is C15H21ClN2OS. The Bertz CT molecular complexity index is 495. The van der Waals surface area contributed by atoms with Crippen LogP contribution in [0.1, 0.15) is 30.1 Å². The minimum absolute atomic E-state index is 0.00764. The maximum absolute atomic E-state index is 12.7. The standard InChI is InChI=1S/C15H21ClN2OS/c1-10-5-6-18(11(7-10)9-17)15(19)13-8-12(20-2)3-4-14(13)16/h3-4,8,10-11H,5-7,9,17H2,1-2H3. The summed E-state index contributed by atoms with van der Waals surface area (Å²) in [5, 5.41) is 0.516. The Morgan fingerprint density at radius 2 is 2.30 bits per heavy atom. The molecule has 1 aromatic carbocycles. The van der Waals surface area contributed by atoms with Crippen molar-refractivity contribution in [1.82, 2.24) is 4.90 Å². The van der Waals surface area contributed by atoms with E-state index in [2.05, 4.69) is 6.92 Å². The van der Waals surface area contributed by atoms with Gasteiger partial charge in [0.05, 0.1) is 10.6 Å². The lowest BCUT2D eigenvalue weighted by Gasteiger charge is -2.38. The first-order chi connectivity index (χ1) is 9.56. The second-order valence-corrected chi connectivity index (χ2v) is 6.65. The average Bonchev–Trinajstić information content (AvgIpc) is 2.47. The normalized spacial score (nSPS) is 22.9. The number of carbonyl (C=O) groups excluding carboxylic acids is 1. The van der Waals surface area contributed by atoms with Crippen molar-refractivity contribution in [3.8, 4) is 0 Å². The quantitative estimate of drug-likeness (QED) is 0.871. The minimum atomic E-state index is 0.00764. The summed E-state index contributed by atoms with van der Waals surface area (Å²) < 4.78 is 0. The van der Waals surface area contributed by atoms with E-state index in [9.17, 15) is 4.79 Å². The van der Waals surface area contributed by atoms with E-state index in [0.717, 1.165) is 24.3 Å². The van der Waals surface area contributed by atoms with Crippen molar-refractivity contribution in [3.05, 3.63) is 28.8 Å². The van der Waals surface area contributed by atoms with Crippen molar-refractivity contribution in [2.45, 2.75) is 30.7 Å². The van der Waals surface area contributed by atoms with Crippen LogP contribution in [-0.4, -0.2) is 36.2 Å². The second kappa shape index (κ2) is 6.83. The molecule has 20 heavy (non-hydrogen) atoms. The zero-order chi connectivity index (χ0) is 14.7. The van der Waals surface area contributed by atoms with Gasteiger partial charge in [0.15, 0.2) is 0 Å². The smallest absolute Gasteiger partial charge is 0.255 e. The fraction of sp³-hybridized carbons (Fsp3) is 0.533. The van der Waals surface area contributed by atoms with Crippen LogP contribution in [0.15, 0.2) is 23.1 Å². The molecule has 0 radical (unpaired) electrons. The van der Waals surface area contributed by atoms with Gasteiger partial charge in [-0.15, -0.1) is 11.8 Å². The lowest BCUT2D eigenvalue weighted by Crippen LogP contribution is -2.49. The molecule has 5 heteroatoms. The van der Waals surface area contributed by atoms with Crippen LogP contribution in [0.3, 0.4) is 0 Å². The van der Waals surface area contributed by atoms with E-state index < -0.39 is 0 Å². The van der Waals surface area contributed by atoms with E-state index in [0.29, 0.717) is 23.0 Å². The summed E-state index contributed by atoms with van der Waals surface area (Å²) >= 11 is 7.81. The molecule has 1 heterocycles. The number of amides is 1. The molecule has 2 N–H and O–H groups in total. The molecule has 1 aromatic rings. The van der Waals surface area contributed by atoms with Crippen molar-refractivity contribution in [1.29, 1.82) is 0 Å². The predicted octanol–water partition coefficient (Wildman–Crippen LogP) is 3.26. The van der Waals surface area contributed by atoms with Crippen molar-refractivity contribution in [3.63, 3.8) is 0 Å². The van der Waals surface area contributed by atoms with Gasteiger partial charge in [-0.1, -0.05) is 18.5 Å². The molecule has 0 bridgehead atoms. The Morgan fingerprint density at radius 1 is 1.55 bits per heavy atom. The number of rotatable bonds is 3. The number of hydrogen-bond acceptors (Lipinski definition) is 3. The number of piperidine rings is 1. The summed E-state index contributed by atoms with van der Waals surface area (Å²) in [5.41, 5.74) is 6.42. The SMILES string of the molecule is CSc1ccc(Cl)c(C(=O)N2CCC(C)CC2CN)c1. The molecule has 2 atom stereocenters. The summed E-state index contributed by atoms with van der Waals surface area (Å²) in [6.45, 7) is 3.49. The number of nitrogens with two attached hydrogens (primary N) is 1. The molecule has 2 unspecified atom stereocenters. The van der Waals surface area contributed by atoms with E-state index in [-0.39, 0.29) is 11.9 Å². The van der Waals surface area contributed by atoms with Crippen LogP contribution in [0.25, 0.3) is 0 Å². The summed E-state index contributed by atoms with van der Waals surface area (Å²) in [4.78, 5) is 15.7. The van der Waals surface area contributed by atoms with Crippen LogP contribution in [0.5, 0.6) is 0 Å². The van der Waals surface area contributed by atoms with Crippen molar-refractivity contribution in [2.24, 2.45) is 11.7 Å². The van der Waals surface area contributed by atoms with E-state index in [1.165, 1.54) is 0 Å². The first-order valence-corrected chi connectivity index (χ1v) is 8.51. The van der Waals surface area contributed by atoms with Crippen LogP contribution in [-0.2, 0) is 0 Å². The molecule has 0 aliphatic carbocycles. The third-order valence-corrected chi connectivity index (χ3v) is 4.97. The number of hydrogen-bond donors (Lipinski definition) is 1. The van der Waals surface area contributed by atoms with Gasteiger partial charge in [-0.25, -0.2) is 0 Å². The Hall–Kier alpha value is -0.710. The molecule has 0 saturated carbocycles. The highest BCUT2D eigenvalue weighted by molar-refractivity contribution is 7.98. The number of thioether (sulfide) groups is 1. The first kappa shape index (κ1) is 15.7. The lowest BCUT2D eigenvalue weighted by molar-refractivity contribution is 0.0573. The molecule has 110 valence electrons. The molecule has 3 nitrogen and oxygen atoms in total. The van der Waals surface area contributed by atoms with Crippen LogP contribution >= 0.6 is 23.4 Å². The summed E-state index contributed by atoms with van der Waals surface area (Å²) in [6.07, 6.45) is 3.99. The van der Waals surface area contributed by atoms with Gasteiger partial charge in [0.1, 0.15) is 0 Å². The summed E-state index contributed by atoms with van der Waals surface area (Å²) in [7, 11) is 0. The maximum Gasteiger partial charge on any atom is 0.255 e. The van der Waals surface area contributed by atoms with E-state index in [1.807, 2.05) is 23.3 Å². The minimum Gasteiger partial charge on any atom is -0.334 e. The Morgan fingerprint density at radius 3 is 2.95 bits per heavy atom. The Kier molecular flexibility index (Phi) is 5.35. The molecule has 0 spiro atoms. The summed E-state index contributed by atoms with van der Waals surface area (Å²) in [6, 6.07) is 5.73. The second-order valence-electron chi connectivity index (χ2n) is 5.36. The number of benzene rings is 1. The summed E-state index contributed by atoms with van der Waals surface area (Å²) in [5.74, 6) is 0.633. The number of nitrogens with zero attached hydrogens (tertiary/aromatic N) is 1. The lowest BCUT2D eigenvalue weighted by atomic mass is 9.92. The molecule has 1 amide bonds. The van der Waals surface area contributed by atoms with Crippen LogP contribution in [0.4, 0.5) is 0 Å². The zero-order valence-corrected chi connectivity index (χ0v) is 13.5. The third-order valence-electron chi connectivity index (χ3n) is 3.91. The molecule has 1 fully saturated rings. The van der Waals surface area contributed by atoms with Gasteiger partial charge in [0, 0.05) is 24.0 Å². The van der Waals surface area contributed by atoms with Crippen LogP contribution < -0.4 is 5.73 Å². The van der Waals surface area contributed by atoms with Crippen LogP contribution in [0.2, 0.25) is 5.02 Å². The molecule has 1 aliphatic rings. The fourth-order valence-electron chi connectivity index (χ4n) is 2.69. The molecular weight excluding hydrogens is 292 g/mol.